The Labute approximate surface area is 98.3 Å². The highest BCUT2D eigenvalue weighted by atomic mass is 16.5. The Bertz CT molecular complexity index is 322. The lowest BCUT2D eigenvalue weighted by molar-refractivity contribution is 0.0189. The van der Waals surface area contributed by atoms with Gasteiger partial charge in [0.15, 0.2) is 0 Å². The second kappa shape index (κ2) is 5.90. The van der Waals surface area contributed by atoms with Crippen LogP contribution >= 0.6 is 0 Å². The van der Waals surface area contributed by atoms with E-state index in [1.165, 1.54) is 0 Å². The summed E-state index contributed by atoms with van der Waals surface area (Å²) in [6.07, 6.45) is 3.63. The minimum atomic E-state index is -0.747. The van der Waals surface area contributed by atoms with Crippen LogP contribution in [0.1, 0.15) is 45.1 Å². The van der Waals surface area contributed by atoms with Crippen LogP contribution in [0.3, 0.4) is 0 Å². The van der Waals surface area contributed by atoms with Gasteiger partial charge in [-0.05, 0) is 18.9 Å². The third-order valence-electron chi connectivity index (χ3n) is 3.14. The number of hydrogen-bond donors (Lipinski definition) is 1. The monoisotopic (exact) mass is 222 g/mol. The van der Waals surface area contributed by atoms with Crippen LogP contribution in [-0.2, 0) is 5.60 Å². The van der Waals surface area contributed by atoms with Gasteiger partial charge in [0.1, 0.15) is 5.75 Å². The molecule has 0 fully saturated rings. The summed E-state index contributed by atoms with van der Waals surface area (Å²) in [7, 11) is 1.65. The van der Waals surface area contributed by atoms with E-state index >= 15 is 0 Å². The van der Waals surface area contributed by atoms with Crippen molar-refractivity contribution in [2.75, 3.05) is 7.11 Å². The van der Waals surface area contributed by atoms with Crippen molar-refractivity contribution >= 4 is 0 Å². The standard InChI is InChI=1S/C14H22O2/c1-4-6-11-14(15,5-2)12-9-7-8-10-13(12)16-3/h7-10,15H,4-6,11H2,1-3H3. The van der Waals surface area contributed by atoms with Crippen molar-refractivity contribution in [1.29, 1.82) is 0 Å². The van der Waals surface area contributed by atoms with E-state index in [0.29, 0.717) is 6.42 Å². The molecule has 0 saturated heterocycles. The van der Waals surface area contributed by atoms with Gasteiger partial charge in [0.25, 0.3) is 0 Å². The first-order chi connectivity index (χ1) is 7.68. The summed E-state index contributed by atoms with van der Waals surface area (Å²) >= 11 is 0. The summed E-state index contributed by atoms with van der Waals surface area (Å²) in [5.74, 6) is 0.781. The molecule has 1 aromatic carbocycles. The lowest BCUT2D eigenvalue weighted by Gasteiger charge is -2.28. The van der Waals surface area contributed by atoms with Gasteiger partial charge in [-0.25, -0.2) is 0 Å². The van der Waals surface area contributed by atoms with Gasteiger partial charge in [0.2, 0.25) is 0 Å². The molecule has 0 spiro atoms. The van der Waals surface area contributed by atoms with Crippen LogP contribution in [0.25, 0.3) is 0 Å². The van der Waals surface area contributed by atoms with Crippen molar-refractivity contribution in [2.24, 2.45) is 0 Å². The summed E-state index contributed by atoms with van der Waals surface area (Å²) in [5, 5.41) is 10.7. The second-order valence-corrected chi connectivity index (χ2v) is 4.19. The van der Waals surface area contributed by atoms with Crippen molar-refractivity contribution in [1.82, 2.24) is 0 Å². The first-order valence-corrected chi connectivity index (χ1v) is 6.03. The molecule has 0 saturated carbocycles. The number of rotatable bonds is 6. The summed E-state index contributed by atoms with van der Waals surface area (Å²) < 4.78 is 5.31. The quantitative estimate of drug-likeness (QED) is 0.798. The van der Waals surface area contributed by atoms with Gasteiger partial charge in [0.05, 0.1) is 12.7 Å². The van der Waals surface area contributed by atoms with Crippen LogP contribution in [0.4, 0.5) is 0 Å². The molecule has 1 N–H and O–H groups in total. The van der Waals surface area contributed by atoms with Crippen LogP contribution in [0, 0.1) is 0 Å². The van der Waals surface area contributed by atoms with Crippen molar-refractivity contribution in [3.05, 3.63) is 29.8 Å². The summed E-state index contributed by atoms with van der Waals surface area (Å²) in [4.78, 5) is 0. The van der Waals surface area contributed by atoms with E-state index < -0.39 is 5.60 Å². The first-order valence-electron chi connectivity index (χ1n) is 6.03. The summed E-state index contributed by atoms with van der Waals surface area (Å²) in [6, 6.07) is 7.74. The zero-order valence-electron chi connectivity index (χ0n) is 10.5. The minimum absolute atomic E-state index is 0.716. The molecule has 0 radical (unpaired) electrons. The van der Waals surface area contributed by atoms with Gasteiger partial charge < -0.3 is 9.84 Å². The number of ether oxygens (including phenoxy) is 1. The molecule has 0 amide bonds. The first kappa shape index (κ1) is 13.0. The molecule has 1 atom stereocenters. The Kier molecular flexibility index (Phi) is 4.81. The summed E-state index contributed by atoms with van der Waals surface area (Å²) in [6.45, 7) is 4.15. The number of methoxy groups -OCH3 is 1. The van der Waals surface area contributed by atoms with Gasteiger partial charge in [-0.1, -0.05) is 44.9 Å². The van der Waals surface area contributed by atoms with E-state index in [4.69, 9.17) is 4.74 Å². The number of para-hydroxylation sites is 1. The molecule has 0 heterocycles. The number of aliphatic hydroxyl groups is 1. The lowest BCUT2D eigenvalue weighted by atomic mass is 9.85. The Morgan fingerprint density at radius 3 is 2.50 bits per heavy atom. The third-order valence-corrected chi connectivity index (χ3v) is 3.14. The van der Waals surface area contributed by atoms with E-state index in [0.717, 1.165) is 30.6 Å². The van der Waals surface area contributed by atoms with Crippen molar-refractivity contribution in [3.8, 4) is 5.75 Å². The Balaban J connectivity index is 3.01. The predicted octanol–water partition coefficient (Wildman–Crippen LogP) is 3.48. The average Bonchev–Trinajstić information content (AvgIpc) is 2.36. The lowest BCUT2D eigenvalue weighted by Crippen LogP contribution is -2.25. The maximum atomic E-state index is 10.7. The Hall–Kier alpha value is -1.02. The van der Waals surface area contributed by atoms with Gasteiger partial charge >= 0.3 is 0 Å². The smallest absolute Gasteiger partial charge is 0.124 e. The van der Waals surface area contributed by atoms with E-state index in [1.54, 1.807) is 7.11 Å². The zero-order valence-corrected chi connectivity index (χ0v) is 10.5. The Morgan fingerprint density at radius 2 is 1.94 bits per heavy atom. The van der Waals surface area contributed by atoms with Crippen molar-refractivity contribution in [2.45, 2.75) is 45.1 Å². The molecule has 0 aliphatic heterocycles. The molecular weight excluding hydrogens is 200 g/mol. The fourth-order valence-corrected chi connectivity index (χ4v) is 2.00. The van der Waals surface area contributed by atoms with Crippen molar-refractivity contribution < 1.29 is 9.84 Å². The van der Waals surface area contributed by atoms with Gasteiger partial charge in [-0.15, -0.1) is 0 Å². The number of hydrogen-bond acceptors (Lipinski definition) is 2. The topological polar surface area (TPSA) is 29.5 Å². The fourth-order valence-electron chi connectivity index (χ4n) is 2.00. The molecule has 0 aliphatic rings. The molecular formula is C14H22O2. The predicted molar refractivity (Wildman–Crippen MR) is 66.7 cm³/mol. The van der Waals surface area contributed by atoms with Crippen molar-refractivity contribution in [3.63, 3.8) is 0 Å². The minimum Gasteiger partial charge on any atom is -0.496 e. The summed E-state index contributed by atoms with van der Waals surface area (Å²) in [5.41, 5.74) is 0.163. The van der Waals surface area contributed by atoms with Gasteiger partial charge in [-0.3, -0.25) is 0 Å². The van der Waals surface area contributed by atoms with E-state index in [2.05, 4.69) is 6.92 Å². The second-order valence-electron chi connectivity index (χ2n) is 4.19. The molecule has 0 aromatic heterocycles. The molecule has 1 unspecified atom stereocenters. The highest BCUT2D eigenvalue weighted by Crippen LogP contribution is 2.36. The van der Waals surface area contributed by atoms with Crippen LogP contribution in [0.15, 0.2) is 24.3 Å². The van der Waals surface area contributed by atoms with E-state index in [1.807, 2.05) is 31.2 Å². The van der Waals surface area contributed by atoms with Crippen LogP contribution in [0.2, 0.25) is 0 Å². The maximum Gasteiger partial charge on any atom is 0.124 e. The average molecular weight is 222 g/mol. The molecule has 0 aliphatic carbocycles. The van der Waals surface area contributed by atoms with Crippen LogP contribution in [0.5, 0.6) is 5.75 Å². The van der Waals surface area contributed by atoms with E-state index in [-0.39, 0.29) is 0 Å². The van der Waals surface area contributed by atoms with Crippen LogP contribution in [-0.4, -0.2) is 12.2 Å². The maximum absolute atomic E-state index is 10.7. The molecule has 2 heteroatoms. The molecule has 1 aromatic rings. The molecule has 16 heavy (non-hydrogen) atoms. The van der Waals surface area contributed by atoms with E-state index in [9.17, 15) is 5.11 Å². The highest BCUT2D eigenvalue weighted by molar-refractivity contribution is 5.37. The Morgan fingerprint density at radius 1 is 1.25 bits per heavy atom. The van der Waals surface area contributed by atoms with Gasteiger partial charge in [0, 0.05) is 5.56 Å². The largest absolute Gasteiger partial charge is 0.496 e. The number of benzene rings is 1. The molecule has 0 bridgehead atoms. The third kappa shape index (κ3) is 2.76. The molecule has 2 nitrogen and oxygen atoms in total. The SMILES string of the molecule is CCCCC(O)(CC)c1ccccc1OC. The fraction of sp³-hybridized carbons (Fsp3) is 0.571. The zero-order chi connectivity index (χ0) is 12.0. The van der Waals surface area contributed by atoms with Gasteiger partial charge in [-0.2, -0.15) is 0 Å². The normalized spacial score (nSPS) is 14.5. The number of unbranched alkanes of at least 4 members (excludes halogenated alkanes) is 1. The highest BCUT2D eigenvalue weighted by Gasteiger charge is 2.29. The molecule has 1 rings (SSSR count). The molecule has 90 valence electrons. The van der Waals surface area contributed by atoms with Crippen LogP contribution < -0.4 is 4.74 Å².